The van der Waals surface area contributed by atoms with Gasteiger partial charge in [-0.3, -0.25) is 0 Å². The third-order valence-electron chi connectivity index (χ3n) is 0.558. The van der Waals surface area contributed by atoms with Crippen molar-refractivity contribution in [1.29, 1.82) is 0 Å². The second-order valence-corrected chi connectivity index (χ2v) is 2.91. The minimum atomic E-state index is -4.69. The van der Waals surface area contributed by atoms with Gasteiger partial charge in [-0.15, -0.1) is 9.24 Å². The van der Waals surface area contributed by atoms with Gasteiger partial charge in [0.1, 0.15) is 0 Å². The number of hydrogen-bond donors (Lipinski definition) is 1. The Hall–Kier alpha value is 0.560. The highest BCUT2D eigenvalue weighted by Crippen LogP contribution is 1.89. The third kappa shape index (κ3) is 74.7. The molecule has 6 heteroatoms. The molecular weight excluding hydrogens is 178 g/mol. The summed E-state index contributed by atoms with van der Waals surface area (Å²) in [5, 5.41) is 0. The van der Waals surface area contributed by atoms with Crippen LogP contribution >= 0.6 is 9.24 Å². The first-order valence-electron chi connectivity index (χ1n) is 2.75. The van der Waals surface area contributed by atoms with Crippen LogP contribution in [0.1, 0.15) is 19.8 Å². The fourth-order valence-corrected chi connectivity index (χ4v) is 0.612. The lowest BCUT2D eigenvalue weighted by atomic mass is 10.4. The lowest BCUT2D eigenvalue weighted by molar-refractivity contribution is -1.92. The summed E-state index contributed by atoms with van der Waals surface area (Å²) in [5.41, 5.74) is 0. The molecular formula is C4H12ClO4P. The molecule has 0 aromatic rings. The van der Waals surface area contributed by atoms with Crippen LogP contribution in [0.2, 0.25) is 0 Å². The van der Waals surface area contributed by atoms with Crippen LogP contribution in [0.3, 0.4) is 0 Å². The van der Waals surface area contributed by atoms with Crippen LogP contribution in [0, 0.1) is 10.2 Å². The average Bonchev–Trinajstić information content (AvgIpc) is 1.63. The number of rotatable bonds is 2. The fraction of sp³-hybridized carbons (Fsp3) is 1.00. The Labute approximate surface area is 64.8 Å². The predicted molar refractivity (Wildman–Crippen MR) is 31.7 cm³/mol. The molecule has 64 valence electrons. The molecule has 0 rings (SSSR count). The summed E-state index contributed by atoms with van der Waals surface area (Å²) in [5.74, 6) is 0. The highest BCUT2D eigenvalue weighted by molar-refractivity contribution is 7.16. The van der Waals surface area contributed by atoms with Crippen molar-refractivity contribution in [3.8, 4) is 0 Å². The van der Waals surface area contributed by atoms with E-state index in [0.717, 1.165) is 0 Å². The van der Waals surface area contributed by atoms with E-state index in [4.69, 9.17) is 18.6 Å². The van der Waals surface area contributed by atoms with Gasteiger partial charge in [0.25, 0.3) is 0 Å². The molecule has 0 aliphatic carbocycles. The van der Waals surface area contributed by atoms with Crippen LogP contribution in [0.25, 0.3) is 0 Å². The highest BCUT2D eigenvalue weighted by Gasteiger charge is 1.98. The zero-order valence-corrected chi connectivity index (χ0v) is 7.66. The van der Waals surface area contributed by atoms with Gasteiger partial charge in [-0.25, -0.2) is 0 Å². The van der Waals surface area contributed by atoms with Crippen molar-refractivity contribution in [3.63, 3.8) is 0 Å². The first-order valence-corrected chi connectivity index (χ1v) is 4.83. The molecule has 10 heavy (non-hydrogen) atoms. The lowest BCUT2D eigenvalue weighted by Crippen LogP contribution is -2.58. The first-order chi connectivity index (χ1) is 4.41. The summed E-state index contributed by atoms with van der Waals surface area (Å²) in [6.45, 7) is 2.20. The molecule has 0 aliphatic rings. The smallest absolute Gasteiger partial charge is 0.0777 e. The molecule has 1 atom stereocenters. The summed E-state index contributed by atoms with van der Waals surface area (Å²) in [6.07, 6.45) is 3.94. The van der Waals surface area contributed by atoms with Crippen molar-refractivity contribution < 1.29 is 28.9 Å². The topological polar surface area (TPSA) is 89.4 Å². The van der Waals surface area contributed by atoms with Crippen LogP contribution in [-0.4, -0.2) is 10.8 Å². The van der Waals surface area contributed by atoms with Gasteiger partial charge in [-0.2, -0.15) is 14.0 Å². The van der Waals surface area contributed by atoms with E-state index < -0.39 is 10.2 Å². The summed E-state index contributed by atoms with van der Waals surface area (Å²) in [4.78, 5) is 0. The molecule has 0 heterocycles. The Balaban J connectivity index is 0. The second-order valence-electron chi connectivity index (χ2n) is 1.54. The molecule has 0 aromatic carbocycles. The maximum Gasteiger partial charge on any atom is 0.0777 e. The van der Waals surface area contributed by atoms with Crippen molar-refractivity contribution in [3.05, 3.63) is 0 Å². The molecule has 0 radical (unpaired) electrons. The molecule has 0 saturated carbocycles. The van der Waals surface area contributed by atoms with E-state index in [9.17, 15) is 0 Å². The molecule has 1 N–H and O–H groups in total. The summed E-state index contributed by atoms with van der Waals surface area (Å²) in [6, 6.07) is 0. The molecule has 1 unspecified atom stereocenters. The first kappa shape index (κ1) is 13.2. The molecule has 0 aliphatic heterocycles. The Morgan fingerprint density at radius 3 is 1.70 bits per heavy atom. The molecule has 0 fully saturated rings. The van der Waals surface area contributed by atoms with E-state index in [1.54, 1.807) is 0 Å². The van der Waals surface area contributed by atoms with Crippen molar-refractivity contribution >= 4 is 9.24 Å². The van der Waals surface area contributed by atoms with Gasteiger partial charge in [-0.1, -0.05) is 19.8 Å². The van der Waals surface area contributed by atoms with E-state index in [0.29, 0.717) is 0 Å². The lowest BCUT2D eigenvalue weighted by Gasteiger charge is -2.03. The van der Waals surface area contributed by atoms with E-state index in [1.807, 2.05) is 0 Å². The van der Waals surface area contributed by atoms with Gasteiger partial charge in [0, 0.05) is 0 Å². The molecule has 0 bridgehead atoms. The largest absolute Gasteiger partial charge is 0.183 e. The van der Waals surface area contributed by atoms with E-state index in [1.165, 1.54) is 19.0 Å². The van der Waals surface area contributed by atoms with Gasteiger partial charge in [0.15, 0.2) is 0 Å². The van der Waals surface area contributed by atoms with Crippen LogP contribution in [-0.2, 0) is 0 Å². The number of halogens is 1. The number of hydrogen-bond acceptors (Lipinski definition) is 4. The minimum Gasteiger partial charge on any atom is -0.183 e. The van der Waals surface area contributed by atoms with E-state index >= 15 is 0 Å². The maximum absolute atomic E-state index is 8.60. The van der Waals surface area contributed by atoms with Gasteiger partial charge in [0.2, 0.25) is 0 Å². The average molecular weight is 191 g/mol. The summed E-state index contributed by atoms with van der Waals surface area (Å²) < 4.78 is 32.7. The maximum atomic E-state index is 8.60. The van der Waals surface area contributed by atoms with Crippen molar-refractivity contribution in [2.75, 3.05) is 6.16 Å². The molecule has 0 amide bonds. The Morgan fingerprint density at radius 1 is 1.40 bits per heavy atom. The molecule has 0 aromatic heterocycles. The van der Waals surface area contributed by atoms with Gasteiger partial charge in [-0.05, 0) is 6.16 Å². The van der Waals surface area contributed by atoms with E-state index in [2.05, 4.69) is 16.2 Å². The zero-order chi connectivity index (χ0) is 8.62. The highest BCUT2D eigenvalue weighted by atomic mass is 35.7. The SMILES string of the molecule is CCCCP.[O-][Cl+3]([O-])([O-])O. The normalized spacial score (nSPS) is 10.2. The number of unbranched alkanes of at least 4 members (excludes halogenated alkanes) is 1. The Kier molecular flexibility index (Phi) is 10.1. The van der Waals surface area contributed by atoms with E-state index in [-0.39, 0.29) is 0 Å². The van der Waals surface area contributed by atoms with Crippen molar-refractivity contribution in [1.82, 2.24) is 0 Å². The van der Waals surface area contributed by atoms with Crippen molar-refractivity contribution in [2.45, 2.75) is 19.8 Å². The Morgan fingerprint density at radius 2 is 1.70 bits per heavy atom. The van der Waals surface area contributed by atoms with Crippen LogP contribution in [0.4, 0.5) is 0 Å². The van der Waals surface area contributed by atoms with Gasteiger partial charge in [0.05, 0.1) is 14.9 Å². The van der Waals surface area contributed by atoms with Crippen LogP contribution < -0.4 is 14.0 Å². The second kappa shape index (κ2) is 7.66. The molecule has 0 spiro atoms. The van der Waals surface area contributed by atoms with Crippen LogP contribution in [0.5, 0.6) is 0 Å². The van der Waals surface area contributed by atoms with Crippen LogP contribution in [0.15, 0.2) is 0 Å². The molecule has 4 nitrogen and oxygen atoms in total. The fourth-order valence-electron chi connectivity index (χ4n) is 0.204. The minimum absolute atomic E-state index is 1.26. The zero-order valence-electron chi connectivity index (χ0n) is 5.75. The van der Waals surface area contributed by atoms with Gasteiger partial charge >= 0.3 is 0 Å². The Bertz CT molecular complexity index is 56.8. The monoisotopic (exact) mass is 190 g/mol. The summed E-state index contributed by atoms with van der Waals surface area (Å²) in [7, 11) is -1.99. The third-order valence-corrected chi connectivity index (χ3v) is 0.966. The van der Waals surface area contributed by atoms with Crippen molar-refractivity contribution in [2.24, 2.45) is 0 Å². The standard InChI is InChI=1S/C4H11P.ClHO4/c1-2-3-4-5;2-1(3,4)5/h2-5H2,1H3;(H,2,3,4,5). The quantitative estimate of drug-likeness (QED) is 0.489. The van der Waals surface area contributed by atoms with Gasteiger partial charge < -0.3 is 0 Å². The molecule has 0 saturated heterocycles. The summed E-state index contributed by atoms with van der Waals surface area (Å²) >= 11 is 0. The predicted octanol–water partition coefficient (Wildman–Crippen LogP) is -2.46.